The molecule has 8 heteroatoms. The minimum absolute atomic E-state index is 0.0737. The van der Waals surface area contributed by atoms with Crippen molar-refractivity contribution in [2.24, 2.45) is 0 Å². The van der Waals surface area contributed by atoms with Gasteiger partial charge in [0.15, 0.2) is 0 Å². The fourth-order valence-corrected chi connectivity index (χ4v) is 4.75. The Morgan fingerprint density at radius 1 is 1.00 bits per heavy atom. The Bertz CT molecular complexity index is 957. The average Bonchev–Trinajstić information content (AvgIpc) is 2.63. The zero-order valence-electron chi connectivity index (χ0n) is 18.0. The van der Waals surface area contributed by atoms with Gasteiger partial charge < -0.3 is 9.80 Å². The van der Waals surface area contributed by atoms with Crippen molar-refractivity contribution in [3.63, 3.8) is 0 Å². The van der Waals surface area contributed by atoms with E-state index in [0.29, 0.717) is 13.1 Å². The van der Waals surface area contributed by atoms with Gasteiger partial charge in [-0.25, -0.2) is 17.9 Å². The summed E-state index contributed by atoms with van der Waals surface area (Å²) < 4.78 is 27.6. The lowest BCUT2D eigenvalue weighted by atomic mass is 10.1. The number of carbonyl (C=O) groups is 1. The number of rotatable bonds is 9. The normalized spacial score (nSPS) is 11.5. The fraction of sp³-hybridized carbons (Fsp3) is 0.409. The SMILES string of the molecule is Cc1cc(C)cc(CN(CCCCN(C)C)C(=O)NS(=O)(=O)c2ccccc2Cl)c1. The average molecular weight is 452 g/mol. The Morgan fingerprint density at radius 2 is 1.60 bits per heavy atom. The molecule has 0 unspecified atom stereocenters. The van der Waals surface area contributed by atoms with Gasteiger partial charge in [0.05, 0.1) is 5.02 Å². The van der Waals surface area contributed by atoms with E-state index in [-0.39, 0.29) is 9.92 Å². The lowest BCUT2D eigenvalue weighted by molar-refractivity contribution is 0.199. The number of sulfonamides is 1. The third kappa shape index (κ3) is 7.31. The minimum Gasteiger partial charge on any atom is -0.320 e. The summed E-state index contributed by atoms with van der Waals surface area (Å²) in [6.07, 6.45) is 1.67. The molecule has 0 aliphatic rings. The number of hydrogen-bond acceptors (Lipinski definition) is 4. The number of nitrogens with zero attached hydrogens (tertiary/aromatic N) is 2. The lowest BCUT2D eigenvalue weighted by Crippen LogP contribution is -2.43. The molecule has 0 radical (unpaired) electrons. The van der Waals surface area contributed by atoms with Crippen molar-refractivity contribution >= 4 is 27.7 Å². The molecule has 0 spiro atoms. The first-order chi connectivity index (χ1) is 14.1. The largest absolute Gasteiger partial charge is 0.331 e. The van der Waals surface area contributed by atoms with Crippen molar-refractivity contribution < 1.29 is 13.2 Å². The van der Waals surface area contributed by atoms with E-state index in [0.717, 1.165) is 36.1 Å². The van der Waals surface area contributed by atoms with Crippen LogP contribution in [0.5, 0.6) is 0 Å². The Labute approximate surface area is 184 Å². The van der Waals surface area contributed by atoms with Gasteiger partial charge in [0.1, 0.15) is 4.90 Å². The van der Waals surface area contributed by atoms with E-state index in [1.807, 2.05) is 40.1 Å². The standard InChI is InChI=1S/C22H30ClN3O3S/c1-17-13-18(2)15-19(14-17)16-26(12-8-7-11-25(3)4)22(27)24-30(28,29)21-10-6-5-9-20(21)23/h5-6,9-10,13-15H,7-8,11-12,16H2,1-4H3,(H,24,27). The van der Waals surface area contributed by atoms with Gasteiger partial charge in [0.25, 0.3) is 10.0 Å². The van der Waals surface area contributed by atoms with E-state index in [1.165, 1.54) is 17.0 Å². The van der Waals surface area contributed by atoms with Gasteiger partial charge in [-0.1, -0.05) is 53.1 Å². The number of amides is 2. The molecule has 0 aliphatic carbocycles. The van der Waals surface area contributed by atoms with Crippen molar-refractivity contribution in [2.75, 3.05) is 27.2 Å². The Kier molecular flexibility index (Phi) is 8.70. The monoisotopic (exact) mass is 451 g/mol. The number of halogens is 1. The van der Waals surface area contributed by atoms with E-state index >= 15 is 0 Å². The zero-order valence-corrected chi connectivity index (χ0v) is 19.6. The highest BCUT2D eigenvalue weighted by Crippen LogP contribution is 2.20. The Hall–Kier alpha value is -2.09. The molecule has 0 heterocycles. The molecule has 2 aromatic carbocycles. The maximum atomic E-state index is 12.9. The van der Waals surface area contributed by atoms with E-state index in [1.54, 1.807) is 12.1 Å². The van der Waals surface area contributed by atoms with Gasteiger partial charge in [0, 0.05) is 13.1 Å². The van der Waals surface area contributed by atoms with E-state index < -0.39 is 16.1 Å². The third-order valence-corrected chi connectivity index (χ3v) is 6.39. The van der Waals surface area contributed by atoms with Gasteiger partial charge in [-0.15, -0.1) is 0 Å². The van der Waals surface area contributed by atoms with Gasteiger partial charge in [-0.3, -0.25) is 0 Å². The number of hydrogen-bond donors (Lipinski definition) is 1. The minimum atomic E-state index is -4.07. The number of urea groups is 1. The summed E-state index contributed by atoms with van der Waals surface area (Å²) in [5.74, 6) is 0. The Balaban J connectivity index is 2.19. The van der Waals surface area contributed by atoms with Gasteiger partial charge in [-0.2, -0.15) is 0 Å². The molecule has 0 atom stereocenters. The van der Waals surface area contributed by atoms with E-state index in [2.05, 4.69) is 15.7 Å². The predicted octanol–water partition coefficient (Wildman–Crippen LogP) is 4.20. The number of nitrogens with one attached hydrogen (secondary N) is 1. The molecular weight excluding hydrogens is 422 g/mol. The zero-order chi connectivity index (χ0) is 22.3. The fourth-order valence-electron chi connectivity index (χ4n) is 3.26. The second kappa shape index (κ2) is 10.8. The number of carbonyl (C=O) groups excluding carboxylic acids is 1. The molecule has 2 aromatic rings. The maximum Gasteiger partial charge on any atom is 0.331 e. The van der Waals surface area contributed by atoms with Crippen molar-refractivity contribution in [3.8, 4) is 0 Å². The molecular formula is C22H30ClN3O3S. The van der Waals surface area contributed by atoms with Gasteiger partial charge in [0.2, 0.25) is 0 Å². The second-order valence-electron chi connectivity index (χ2n) is 7.77. The van der Waals surface area contributed by atoms with Crippen LogP contribution in [0.25, 0.3) is 0 Å². The van der Waals surface area contributed by atoms with Gasteiger partial charge in [-0.05, 0) is 65.0 Å². The van der Waals surface area contributed by atoms with Crippen LogP contribution in [0.15, 0.2) is 47.4 Å². The second-order valence-corrected chi connectivity index (χ2v) is 9.83. The first-order valence-corrected chi connectivity index (χ1v) is 11.7. The molecule has 2 rings (SSSR count). The van der Waals surface area contributed by atoms with Crippen LogP contribution in [0.3, 0.4) is 0 Å². The highest BCUT2D eigenvalue weighted by molar-refractivity contribution is 7.90. The van der Waals surface area contributed by atoms with Crippen LogP contribution in [-0.2, 0) is 16.6 Å². The Morgan fingerprint density at radius 3 is 2.20 bits per heavy atom. The molecule has 164 valence electrons. The van der Waals surface area contributed by atoms with Crippen LogP contribution in [0.4, 0.5) is 4.79 Å². The summed E-state index contributed by atoms with van der Waals surface area (Å²) >= 11 is 6.02. The summed E-state index contributed by atoms with van der Waals surface area (Å²) in [6.45, 7) is 5.68. The summed E-state index contributed by atoms with van der Waals surface area (Å²) in [4.78, 5) is 16.4. The smallest absolute Gasteiger partial charge is 0.320 e. The van der Waals surface area contributed by atoms with Crippen LogP contribution in [0.2, 0.25) is 5.02 Å². The number of unbranched alkanes of at least 4 members (excludes halogenated alkanes) is 1. The molecule has 0 saturated carbocycles. The first-order valence-electron chi connectivity index (χ1n) is 9.86. The summed E-state index contributed by atoms with van der Waals surface area (Å²) in [6, 6.07) is 11.5. The molecule has 0 aromatic heterocycles. The third-order valence-electron chi connectivity index (χ3n) is 4.57. The van der Waals surface area contributed by atoms with Gasteiger partial charge >= 0.3 is 6.03 Å². The molecule has 1 N–H and O–H groups in total. The van der Waals surface area contributed by atoms with Crippen LogP contribution >= 0.6 is 11.6 Å². The molecule has 30 heavy (non-hydrogen) atoms. The molecule has 2 amide bonds. The van der Waals surface area contributed by atoms with Crippen LogP contribution in [0, 0.1) is 13.8 Å². The predicted molar refractivity (Wildman–Crippen MR) is 121 cm³/mol. The quantitative estimate of drug-likeness (QED) is 0.580. The highest BCUT2D eigenvalue weighted by Gasteiger charge is 2.24. The first kappa shape index (κ1) is 24.2. The van der Waals surface area contributed by atoms with E-state index in [9.17, 15) is 13.2 Å². The summed E-state index contributed by atoms with van der Waals surface area (Å²) in [7, 11) is -0.0768. The maximum absolute atomic E-state index is 12.9. The van der Waals surface area contributed by atoms with Crippen molar-refractivity contribution in [1.82, 2.24) is 14.5 Å². The van der Waals surface area contributed by atoms with Crippen molar-refractivity contribution in [3.05, 3.63) is 64.2 Å². The van der Waals surface area contributed by atoms with Crippen molar-refractivity contribution in [2.45, 2.75) is 38.1 Å². The summed E-state index contributed by atoms with van der Waals surface area (Å²) in [5.41, 5.74) is 3.16. The van der Waals surface area contributed by atoms with Crippen LogP contribution in [0.1, 0.15) is 29.5 Å². The molecule has 0 fully saturated rings. The van der Waals surface area contributed by atoms with E-state index in [4.69, 9.17) is 11.6 Å². The summed E-state index contributed by atoms with van der Waals surface area (Å²) in [5, 5.41) is 0.0737. The number of benzene rings is 2. The molecule has 0 aliphatic heterocycles. The number of aryl methyl sites for hydroxylation is 2. The topological polar surface area (TPSA) is 69.7 Å². The molecule has 0 saturated heterocycles. The molecule has 6 nitrogen and oxygen atoms in total. The lowest BCUT2D eigenvalue weighted by Gasteiger charge is -2.24. The highest BCUT2D eigenvalue weighted by atomic mass is 35.5. The molecule has 0 bridgehead atoms. The van der Waals surface area contributed by atoms with Crippen molar-refractivity contribution in [1.29, 1.82) is 0 Å². The van der Waals surface area contributed by atoms with Crippen LogP contribution < -0.4 is 4.72 Å². The van der Waals surface area contributed by atoms with Crippen LogP contribution in [-0.4, -0.2) is 51.4 Å².